The first kappa shape index (κ1) is 23.1. The van der Waals surface area contributed by atoms with E-state index in [1.54, 1.807) is 7.11 Å². The van der Waals surface area contributed by atoms with E-state index in [4.69, 9.17) is 9.47 Å². The summed E-state index contributed by atoms with van der Waals surface area (Å²) in [5.74, 6) is -0.250. The highest BCUT2D eigenvalue weighted by Gasteiger charge is 2.25. The largest absolute Gasteiger partial charge is 0.491 e. The molecule has 1 saturated heterocycles. The summed E-state index contributed by atoms with van der Waals surface area (Å²) in [6.45, 7) is 4.91. The number of carboxylic acid groups (broad SMARTS) is 1. The summed E-state index contributed by atoms with van der Waals surface area (Å²) in [4.78, 5) is 13.6. The normalized spacial score (nSPS) is 16.8. The van der Waals surface area contributed by atoms with Crippen LogP contribution >= 0.6 is 0 Å². The van der Waals surface area contributed by atoms with E-state index >= 15 is 0 Å². The van der Waals surface area contributed by atoms with Crippen LogP contribution in [-0.4, -0.2) is 50.5 Å². The van der Waals surface area contributed by atoms with Gasteiger partial charge in [0.2, 0.25) is 0 Å². The summed E-state index contributed by atoms with van der Waals surface area (Å²) in [6, 6.07) is 21.4. The summed E-state index contributed by atoms with van der Waals surface area (Å²) < 4.78 is 10.9. The Bertz CT molecular complexity index is 1100. The molecule has 1 aliphatic rings. The maximum Gasteiger partial charge on any atom is 0.307 e. The number of hydrogen-bond acceptors (Lipinski definition) is 5. The Kier molecular flexibility index (Phi) is 7.47. The average molecular weight is 449 g/mol. The molecule has 3 aromatic rings. The molecule has 33 heavy (non-hydrogen) atoms. The quantitative estimate of drug-likeness (QED) is 0.448. The van der Waals surface area contributed by atoms with Crippen LogP contribution in [0, 0.1) is 0 Å². The monoisotopic (exact) mass is 448 g/mol. The van der Waals surface area contributed by atoms with Crippen molar-refractivity contribution in [1.82, 2.24) is 5.32 Å². The number of anilines is 1. The summed E-state index contributed by atoms with van der Waals surface area (Å²) in [5, 5.41) is 15.6. The molecule has 2 atom stereocenters. The van der Waals surface area contributed by atoms with Crippen molar-refractivity contribution in [3.63, 3.8) is 0 Å². The van der Waals surface area contributed by atoms with Gasteiger partial charge in [0.05, 0.1) is 13.0 Å². The minimum atomic E-state index is -0.868. The lowest BCUT2D eigenvalue weighted by Crippen LogP contribution is -2.34. The van der Waals surface area contributed by atoms with Crippen LogP contribution in [0.3, 0.4) is 0 Å². The molecular formula is C27H32N2O4. The van der Waals surface area contributed by atoms with Crippen molar-refractivity contribution in [2.45, 2.75) is 31.8 Å². The predicted molar refractivity (Wildman–Crippen MR) is 131 cm³/mol. The van der Waals surface area contributed by atoms with Gasteiger partial charge in [-0.15, -0.1) is 0 Å². The van der Waals surface area contributed by atoms with Crippen molar-refractivity contribution < 1.29 is 19.4 Å². The Hall–Kier alpha value is -3.09. The third kappa shape index (κ3) is 5.64. The molecule has 6 nitrogen and oxygen atoms in total. The van der Waals surface area contributed by atoms with E-state index in [-0.39, 0.29) is 12.5 Å². The van der Waals surface area contributed by atoms with Crippen LogP contribution in [0.25, 0.3) is 10.8 Å². The van der Waals surface area contributed by atoms with Gasteiger partial charge in [-0.2, -0.15) is 0 Å². The van der Waals surface area contributed by atoms with Gasteiger partial charge < -0.3 is 24.8 Å². The lowest BCUT2D eigenvalue weighted by atomic mass is 9.99. The Morgan fingerprint density at radius 3 is 2.79 bits per heavy atom. The molecule has 174 valence electrons. The molecule has 1 aliphatic heterocycles. The molecule has 4 rings (SSSR count). The second-order valence-electron chi connectivity index (χ2n) is 8.59. The molecule has 0 bridgehead atoms. The number of ether oxygens (including phenoxy) is 2. The van der Waals surface area contributed by atoms with Gasteiger partial charge in [0.25, 0.3) is 0 Å². The van der Waals surface area contributed by atoms with Crippen molar-refractivity contribution >= 4 is 22.4 Å². The molecule has 0 spiro atoms. The Balaban J connectivity index is 1.44. The molecule has 0 aromatic heterocycles. The van der Waals surface area contributed by atoms with E-state index in [0.717, 1.165) is 25.2 Å². The number of benzene rings is 3. The minimum Gasteiger partial charge on any atom is -0.491 e. The number of fused-ring (bicyclic) bond motifs is 1. The Morgan fingerprint density at radius 1 is 1.15 bits per heavy atom. The van der Waals surface area contributed by atoms with Gasteiger partial charge in [-0.1, -0.05) is 48.5 Å². The van der Waals surface area contributed by atoms with Crippen LogP contribution in [0.15, 0.2) is 60.7 Å². The zero-order valence-corrected chi connectivity index (χ0v) is 19.3. The van der Waals surface area contributed by atoms with E-state index in [9.17, 15) is 9.90 Å². The summed E-state index contributed by atoms with van der Waals surface area (Å²) in [7, 11) is 1.62. The smallest absolute Gasteiger partial charge is 0.307 e. The maximum absolute atomic E-state index is 11.2. The molecule has 3 aromatic carbocycles. The fourth-order valence-corrected chi connectivity index (χ4v) is 4.62. The third-order valence-corrected chi connectivity index (χ3v) is 6.27. The van der Waals surface area contributed by atoms with Crippen LogP contribution in [-0.2, 0) is 16.0 Å². The first-order chi connectivity index (χ1) is 16.0. The molecular weight excluding hydrogens is 416 g/mol. The van der Waals surface area contributed by atoms with Gasteiger partial charge in [0.1, 0.15) is 12.4 Å². The van der Waals surface area contributed by atoms with Gasteiger partial charge in [-0.3, -0.25) is 4.79 Å². The molecule has 2 N–H and O–H groups in total. The van der Waals surface area contributed by atoms with Gasteiger partial charge in [0, 0.05) is 49.6 Å². The minimum absolute atomic E-state index is 0.0602. The SMILES string of the molecule is COCCOc1cc(N2CC[C@H](N[C@H](C)c3cccc4ccccc34)C2)ccc1CC(=O)O. The van der Waals surface area contributed by atoms with Crippen LogP contribution in [0.2, 0.25) is 0 Å². The molecule has 1 fully saturated rings. The number of carboxylic acids is 1. The molecule has 0 unspecified atom stereocenters. The van der Waals surface area contributed by atoms with E-state index in [1.165, 1.54) is 16.3 Å². The predicted octanol–water partition coefficient (Wildman–Crippen LogP) is 4.42. The van der Waals surface area contributed by atoms with E-state index in [2.05, 4.69) is 59.6 Å². The van der Waals surface area contributed by atoms with Crippen LogP contribution in [0.4, 0.5) is 5.69 Å². The third-order valence-electron chi connectivity index (χ3n) is 6.27. The highest BCUT2D eigenvalue weighted by Crippen LogP contribution is 2.30. The topological polar surface area (TPSA) is 71.0 Å². The zero-order valence-electron chi connectivity index (χ0n) is 19.3. The van der Waals surface area contributed by atoms with Crippen molar-refractivity contribution in [3.05, 3.63) is 71.8 Å². The number of carbonyl (C=O) groups is 1. The second kappa shape index (κ2) is 10.7. The van der Waals surface area contributed by atoms with Gasteiger partial charge >= 0.3 is 5.97 Å². The summed E-state index contributed by atoms with van der Waals surface area (Å²) in [5.41, 5.74) is 3.05. The van der Waals surface area contributed by atoms with Crippen molar-refractivity contribution in [1.29, 1.82) is 0 Å². The summed E-state index contributed by atoms with van der Waals surface area (Å²) in [6.07, 6.45) is 0.987. The highest BCUT2D eigenvalue weighted by atomic mass is 16.5. The lowest BCUT2D eigenvalue weighted by molar-refractivity contribution is -0.136. The number of aliphatic carboxylic acids is 1. The number of rotatable bonds is 10. The fraction of sp³-hybridized carbons (Fsp3) is 0.370. The number of hydrogen-bond donors (Lipinski definition) is 2. The average Bonchev–Trinajstić information content (AvgIpc) is 3.28. The Labute approximate surface area is 195 Å². The molecule has 1 heterocycles. The maximum atomic E-state index is 11.2. The van der Waals surface area contributed by atoms with Crippen molar-refractivity contribution in [2.75, 3.05) is 38.3 Å². The first-order valence-electron chi connectivity index (χ1n) is 11.5. The zero-order chi connectivity index (χ0) is 23.2. The molecule has 0 amide bonds. The first-order valence-corrected chi connectivity index (χ1v) is 11.5. The van der Waals surface area contributed by atoms with E-state index in [1.807, 2.05) is 18.2 Å². The van der Waals surface area contributed by atoms with Gasteiger partial charge in [0.15, 0.2) is 0 Å². The lowest BCUT2D eigenvalue weighted by Gasteiger charge is -2.23. The van der Waals surface area contributed by atoms with Crippen LogP contribution in [0.5, 0.6) is 5.75 Å². The van der Waals surface area contributed by atoms with Crippen LogP contribution < -0.4 is 15.0 Å². The number of nitrogens with zero attached hydrogens (tertiary/aromatic N) is 1. The number of methoxy groups -OCH3 is 1. The van der Waals surface area contributed by atoms with Gasteiger partial charge in [-0.05, 0) is 35.7 Å². The molecule has 6 heteroatoms. The van der Waals surface area contributed by atoms with Crippen molar-refractivity contribution in [3.8, 4) is 5.75 Å². The molecule has 0 radical (unpaired) electrons. The highest BCUT2D eigenvalue weighted by molar-refractivity contribution is 5.86. The second-order valence-corrected chi connectivity index (χ2v) is 8.59. The fourth-order valence-electron chi connectivity index (χ4n) is 4.62. The van der Waals surface area contributed by atoms with Crippen LogP contribution in [0.1, 0.15) is 30.5 Å². The van der Waals surface area contributed by atoms with Crippen molar-refractivity contribution in [2.24, 2.45) is 0 Å². The summed E-state index contributed by atoms with van der Waals surface area (Å²) >= 11 is 0. The van der Waals surface area contributed by atoms with Gasteiger partial charge in [-0.25, -0.2) is 0 Å². The molecule has 0 saturated carbocycles. The molecule has 0 aliphatic carbocycles. The van der Waals surface area contributed by atoms with E-state index in [0.29, 0.717) is 30.6 Å². The Morgan fingerprint density at radius 2 is 1.97 bits per heavy atom. The number of nitrogens with one attached hydrogen (secondary N) is 1. The van der Waals surface area contributed by atoms with E-state index < -0.39 is 5.97 Å². The standard InChI is InChI=1S/C27H32N2O4/c1-19(24-9-5-7-20-6-3-4-8-25(20)24)28-22-12-13-29(18-22)23-11-10-21(16-27(30)31)26(17-23)33-15-14-32-2/h3-11,17,19,22,28H,12-16,18H2,1-2H3,(H,30,31)/t19-,22+/m1/s1.